The first-order valence-electron chi connectivity index (χ1n) is 6.94. The van der Waals surface area contributed by atoms with Crippen molar-refractivity contribution in [1.29, 1.82) is 0 Å². The number of hydrogen-bond donors (Lipinski definition) is 1. The number of benzene rings is 1. The van der Waals surface area contributed by atoms with E-state index in [9.17, 15) is 8.42 Å². The Balaban J connectivity index is 1.55. The summed E-state index contributed by atoms with van der Waals surface area (Å²) < 4.78 is 28.6. The lowest BCUT2D eigenvalue weighted by Gasteiger charge is -2.07. The first-order valence-corrected chi connectivity index (χ1v) is 9.47. The first kappa shape index (κ1) is 13.2. The smallest absolute Gasteiger partial charge is 0.235 e. The number of nitrogens with zero attached hydrogens (tertiary/aromatic N) is 2. The monoisotopic (exact) mass is 321 g/mol. The van der Waals surface area contributed by atoms with Gasteiger partial charge in [-0.2, -0.15) is 0 Å². The van der Waals surface area contributed by atoms with E-state index in [1.807, 2.05) is 12.1 Å². The van der Waals surface area contributed by atoms with Gasteiger partial charge in [-0.25, -0.2) is 13.4 Å². The number of nitrogens with one attached hydrogen (secondary N) is 1. The number of imidazole rings is 1. The second-order valence-corrected chi connectivity index (χ2v) is 8.40. The van der Waals surface area contributed by atoms with E-state index in [-0.39, 0.29) is 5.25 Å². The van der Waals surface area contributed by atoms with Crippen molar-refractivity contribution in [3.8, 4) is 11.3 Å². The zero-order chi connectivity index (χ0) is 14.4. The first-order chi connectivity index (χ1) is 10.1. The number of rotatable bonds is 4. The van der Waals surface area contributed by atoms with Crippen molar-refractivity contribution in [2.45, 2.75) is 29.8 Å². The Kier molecular flexibility index (Phi) is 3.00. The van der Waals surface area contributed by atoms with Gasteiger partial charge in [0.2, 0.25) is 10.0 Å². The highest BCUT2D eigenvalue weighted by molar-refractivity contribution is 7.99. The fourth-order valence-electron chi connectivity index (χ4n) is 2.38. The second kappa shape index (κ2) is 4.78. The van der Waals surface area contributed by atoms with Gasteiger partial charge in [-0.05, 0) is 25.0 Å². The van der Waals surface area contributed by atoms with Gasteiger partial charge in [0, 0.05) is 29.7 Å². The van der Waals surface area contributed by atoms with E-state index in [0.29, 0.717) is 5.69 Å². The molecule has 0 spiro atoms. The van der Waals surface area contributed by atoms with Crippen LogP contribution in [0.15, 0.2) is 35.6 Å². The summed E-state index contributed by atoms with van der Waals surface area (Å²) >= 11 is 1.76. The number of aromatic nitrogens is 2. The van der Waals surface area contributed by atoms with E-state index in [1.54, 1.807) is 23.9 Å². The molecule has 1 N–H and O–H groups in total. The molecule has 1 aromatic carbocycles. The van der Waals surface area contributed by atoms with Crippen molar-refractivity contribution < 1.29 is 8.42 Å². The topological polar surface area (TPSA) is 64.0 Å². The maximum Gasteiger partial charge on any atom is 0.235 e. The summed E-state index contributed by atoms with van der Waals surface area (Å²) in [5.74, 6) is 1.09. The van der Waals surface area contributed by atoms with Gasteiger partial charge in [-0.3, -0.25) is 4.72 Å². The molecule has 5 nitrogen and oxygen atoms in total. The summed E-state index contributed by atoms with van der Waals surface area (Å²) in [7, 11) is -3.19. The third-order valence-electron chi connectivity index (χ3n) is 3.71. The number of anilines is 1. The molecule has 0 radical (unpaired) electrons. The molecular formula is C14H15N3O2S2. The van der Waals surface area contributed by atoms with Crippen molar-refractivity contribution in [3.05, 3.63) is 30.5 Å². The molecule has 1 aliphatic carbocycles. The second-order valence-electron chi connectivity index (χ2n) is 5.37. The molecule has 0 amide bonds. The molecule has 2 heterocycles. The Morgan fingerprint density at radius 2 is 2.00 bits per heavy atom. The Hall–Kier alpha value is -1.47. The van der Waals surface area contributed by atoms with Gasteiger partial charge in [-0.1, -0.05) is 23.9 Å². The van der Waals surface area contributed by atoms with E-state index in [2.05, 4.69) is 20.5 Å². The maximum absolute atomic E-state index is 11.9. The van der Waals surface area contributed by atoms with E-state index >= 15 is 0 Å². The minimum absolute atomic E-state index is 0.203. The van der Waals surface area contributed by atoms with Crippen LogP contribution >= 0.6 is 11.8 Å². The van der Waals surface area contributed by atoms with Gasteiger partial charge in [-0.15, -0.1) is 0 Å². The Bertz CT molecular complexity index is 756. The summed E-state index contributed by atoms with van der Waals surface area (Å²) in [5.41, 5.74) is 2.56. The molecular weight excluding hydrogens is 306 g/mol. The van der Waals surface area contributed by atoms with Crippen LogP contribution in [0.3, 0.4) is 0 Å². The molecule has 1 fully saturated rings. The van der Waals surface area contributed by atoms with E-state index < -0.39 is 10.0 Å². The minimum atomic E-state index is -3.19. The molecule has 110 valence electrons. The fourth-order valence-corrected chi connectivity index (χ4v) is 4.71. The molecule has 0 unspecified atom stereocenters. The molecule has 1 saturated carbocycles. The minimum Gasteiger partial charge on any atom is -0.325 e. The van der Waals surface area contributed by atoms with Gasteiger partial charge >= 0.3 is 0 Å². The van der Waals surface area contributed by atoms with Crippen LogP contribution in [-0.4, -0.2) is 29.0 Å². The summed E-state index contributed by atoms with van der Waals surface area (Å²) in [5, 5.41) is 0.855. The molecule has 4 rings (SSSR count). The standard InChI is InChI=1S/C14H15N3O2S2/c18-21(19,12-5-6-12)16-11-3-1-10(2-4-11)13-9-17-7-8-20-14(17)15-13/h1-4,9,12,16H,5-8H2. The zero-order valence-corrected chi connectivity index (χ0v) is 13.0. The van der Waals surface area contributed by atoms with Crippen LogP contribution in [0, 0.1) is 0 Å². The molecule has 7 heteroatoms. The van der Waals surface area contributed by atoms with Gasteiger partial charge in [0.05, 0.1) is 10.9 Å². The summed E-state index contributed by atoms with van der Waals surface area (Å²) in [6.07, 6.45) is 3.59. The lowest BCUT2D eigenvalue weighted by atomic mass is 10.1. The average Bonchev–Trinajstić information content (AvgIpc) is 3.11. The summed E-state index contributed by atoms with van der Waals surface area (Å²) in [4.78, 5) is 4.59. The fraction of sp³-hybridized carbons (Fsp3) is 0.357. The zero-order valence-electron chi connectivity index (χ0n) is 11.3. The molecule has 1 aromatic heterocycles. The third-order valence-corrected chi connectivity index (χ3v) is 6.55. The van der Waals surface area contributed by atoms with Crippen molar-refractivity contribution in [3.63, 3.8) is 0 Å². The Morgan fingerprint density at radius 3 is 2.67 bits per heavy atom. The lowest BCUT2D eigenvalue weighted by Crippen LogP contribution is -2.17. The number of sulfonamides is 1. The van der Waals surface area contributed by atoms with Crippen LogP contribution in [0.25, 0.3) is 11.3 Å². The number of aryl methyl sites for hydroxylation is 1. The van der Waals surface area contributed by atoms with Gasteiger partial charge in [0.1, 0.15) is 0 Å². The Labute approximate surface area is 127 Å². The van der Waals surface area contributed by atoms with Crippen LogP contribution in [-0.2, 0) is 16.6 Å². The summed E-state index contributed by atoms with van der Waals surface area (Å²) in [6, 6.07) is 7.42. The largest absolute Gasteiger partial charge is 0.325 e. The summed E-state index contributed by atoms with van der Waals surface area (Å²) in [6.45, 7) is 1.01. The van der Waals surface area contributed by atoms with Crippen molar-refractivity contribution >= 4 is 27.5 Å². The normalized spacial score (nSPS) is 17.7. The van der Waals surface area contributed by atoms with Crippen molar-refractivity contribution in [2.24, 2.45) is 0 Å². The number of thioether (sulfide) groups is 1. The molecule has 0 bridgehead atoms. The van der Waals surface area contributed by atoms with Crippen LogP contribution < -0.4 is 4.72 Å². The van der Waals surface area contributed by atoms with E-state index in [0.717, 1.165) is 41.6 Å². The van der Waals surface area contributed by atoms with Gasteiger partial charge in [0.25, 0.3) is 0 Å². The van der Waals surface area contributed by atoms with Crippen molar-refractivity contribution in [1.82, 2.24) is 9.55 Å². The highest BCUT2D eigenvalue weighted by Crippen LogP contribution is 2.31. The number of hydrogen-bond acceptors (Lipinski definition) is 4. The quantitative estimate of drug-likeness (QED) is 0.940. The van der Waals surface area contributed by atoms with Crippen LogP contribution in [0.2, 0.25) is 0 Å². The maximum atomic E-state index is 11.9. The van der Waals surface area contributed by atoms with Gasteiger partial charge < -0.3 is 4.57 Å². The highest BCUT2D eigenvalue weighted by Gasteiger charge is 2.35. The van der Waals surface area contributed by atoms with Crippen LogP contribution in [0.4, 0.5) is 5.69 Å². The predicted octanol–water partition coefficient (Wildman–Crippen LogP) is 2.56. The Morgan fingerprint density at radius 1 is 1.24 bits per heavy atom. The van der Waals surface area contributed by atoms with Crippen LogP contribution in [0.1, 0.15) is 12.8 Å². The van der Waals surface area contributed by atoms with Crippen molar-refractivity contribution in [2.75, 3.05) is 10.5 Å². The molecule has 21 heavy (non-hydrogen) atoms. The SMILES string of the molecule is O=S(=O)(Nc1ccc(-c2cn3c(n2)SCC3)cc1)C1CC1. The molecule has 0 saturated heterocycles. The molecule has 2 aromatic rings. The van der Waals surface area contributed by atoms with E-state index in [4.69, 9.17) is 0 Å². The lowest BCUT2D eigenvalue weighted by molar-refractivity contribution is 0.600. The van der Waals surface area contributed by atoms with Gasteiger partial charge in [0.15, 0.2) is 5.16 Å². The number of fused-ring (bicyclic) bond motifs is 1. The molecule has 1 aliphatic heterocycles. The predicted molar refractivity (Wildman–Crippen MR) is 84.0 cm³/mol. The average molecular weight is 321 g/mol. The van der Waals surface area contributed by atoms with E-state index in [1.165, 1.54) is 0 Å². The third kappa shape index (κ3) is 2.55. The molecule has 0 atom stereocenters. The van der Waals surface area contributed by atoms with Crippen LogP contribution in [0.5, 0.6) is 0 Å². The highest BCUT2D eigenvalue weighted by atomic mass is 32.2. The molecule has 2 aliphatic rings.